The third-order valence-corrected chi connectivity index (χ3v) is 4.66. The van der Waals surface area contributed by atoms with Crippen LogP contribution in [0.3, 0.4) is 0 Å². The van der Waals surface area contributed by atoms with Crippen molar-refractivity contribution in [2.75, 3.05) is 16.8 Å². The highest BCUT2D eigenvalue weighted by molar-refractivity contribution is 6.44. The van der Waals surface area contributed by atoms with Gasteiger partial charge in [0, 0.05) is 18.7 Å². The first-order chi connectivity index (χ1) is 11.5. The molecule has 1 atom stereocenters. The van der Waals surface area contributed by atoms with Crippen molar-refractivity contribution in [3.63, 3.8) is 0 Å². The van der Waals surface area contributed by atoms with Gasteiger partial charge in [0.2, 0.25) is 11.8 Å². The van der Waals surface area contributed by atoms with E-state index in [1.807, 2.05) is 0 Å². The van der Waals surface area contributed by atoms with Crippen molar-refractivity contribution < 1.29 is 14.0 Å². The van der Waals surface area contributed by atoms with E-state index in [9.17, 15) is 14.0 Å². The van der Waals surface area contributed by atoms with Crippen LogP contribution in [0.5, 0.6) is 0 Å². The molecule has 0 radical (unpaired) electrons. The largest absolute Gasteiger partial charge is 0.324 e. The normalized spacial score (nSPS) is 17.2. The number of anilines is 2. The number of hydrogen-bond acceptors (Lipinski definition) is 2. The molecule has 0 saturated carbocycles. The van der Waals surface area contributed by atoms with Gasteiger partial charge in [-0.25, -0.2) is 4.39 Å². The highest BCUT2D eigenvalue weighted by Crippen LogP contribution is 2.31. The number of carbonyl (C=O) groups is 2. The minimum absolute atomic E-state index is 0.0847. The van der Waals surface area contributed by atoms with Crippen LogP contribution in [0.15, 0.2) is 42.5 Å². The summed E-state index contributed by atoms with van der Waals surface area (Å²) in [7, 11) is 0. The Hall–Kier alpha value is -2.11. The van der Waals surface area contributed by atoms with Crippen LogP contribution in [0.2, 0.25) is 10.0 Å². The smallest absolute Gasteiger partial charge is 0.229 e. The van der Waals surface area contributed by atoms with E-state index < -0.39 is 5.92 Å². The van der Waals surface area contributed by atoms with Crippen LogP contribution < -0.4 is 10.2 Å². The maximum atomic E-state index is 13.0. The van der Waals surface area contributed by atoms with Gasteiger partial charge in [0.15, 0.2) is 0 Å². The first-order valence-electron chi connectivity index (χ1n) is 7.26. The number of benzene rings is 2. The fourth-order valence-corrected chi connectivity index (χ4v) is 2.94. The summed E-state index contributed by atoms with van der Waals surface area (Å²) in [5.74, 6) is -1.39. The molecule has 3 rings (SSSR count). The van der Waals surface area contributed by atoms with Gasteiger partial charge in [0.05, 0.1) is 21.7 Å². The summed E-state index contributed by atoms with van der Waals surface area (Å²) < 4.78 is 13.0. The van der Waals surface area contributed by atoms with Crippen LogP contribution in [-0.2, 0) is 9.59 Å². The molecule has 2 aromatic rings. The van der Waals surface area contributed by atoms with Crippen molar-refractivity contribution in [3.05, 3.63) is 58.3 Å². The predicted molar refractivity (Wildman–Crippen MR) is 92.0 cm³/mol. The van der Waals surface area contributed by atoms with Gasteiger partial charge in [0.1, 0.15) is 5.82 Å². The SMILES string of the molecule is O=C(Nc1cccc(Cl)c1Cl)[C@@H]1CC(=O)N(c2ccc(F)cc2)C1. The fraction of sp³-hybridized carbons (Fsp3) is 0.176. The van der Waals surface area contributed by atoms with Crippen LogP contribution in [-0.4, -0.2) is 18.4 Å². The van der Waals surface area contributed by atoms with Crippen molar-refractivity contribution in [2.24, 2.45) is 5.92 Å². The zero-order chi connectivity index (χ0) is 17.3. The lowest BCUT2D eigenvalue weighted by Crippen LogP contribution is -2.28. The average Bonchev–Trinajstić information content (AvgIpc) is 2.94. The predicted octanol–water partition coefficient (Wildman–Crippen LogP) is 4.12. The third kappa shape index (κ3) is 3.37. The van der Waals surface area contributed by atoms with E-state index in [1.54, 1.807) is 18.2 Å². The minimum Gasteiger partial charge on any atom is -0.324 e. The summed E-state index contributed by atoms with van der Waals surface area (Å²) in [5, 5.41) is 3.30. The van der Waals surface area contributed by atoms with E-state index in [-0.39, 0.29) is 35.6 Å². The lowest BCUT2D eigenvalue weighted by atomic mass is 10.1. The van der Waals surface area contributed by atoms with E-state index in [4.69, 9.17) is 23.2 Å². The molecule has 4 nitrogen and oxygen atoms in total. The molecule has 1 aliphatic heterocycles. The van der Waals surface area contributed by atoms with Crippen molar-refractivity contribution >= 4 is 46.4 Å². The van der Waals surface area contributed by atoms with E-state index in [1.165, 1.54) is 29.2 Å². The van der Waals surface area contributed by atoms with Gasteiger partial charge in [-0.05, 0) is 36.4 Å². The molecule has 124 valence electrons. The highest BCUT2D eigenvalue weighted by atomic mass is 35.5. The molecule has 2 amide bonds. The van der Waals surface area contributed by atoms with Gasteiger partial charge >= 0.3 is 0 Å². The Kier molecular flexibility index (Phi) is 4.73. The molecule has 1 heterocycles. The third-order valence-electron chi connectivity index (χ3n) is 3.84. The highest BCUT2D eigenvalue weighted by Gasteiger charge is 2.35. The Bertz CT molecular complexity index is 796. The quantitative estimate of drug-likeness (QED) is 0.887. The van der Waals surface area contributed by atoms with Gasteiger partial charge < -0.3 is 10.2 Å². The number of nitrogens with one attached hydrogen (secondary N) is 1. The van der Waals surface area contributed by atoms with Crippen LogP contribution >= 0.6 is 23.2 Å². The van der Waals surface area contributed by atoms with Crippen molar-refractivity contribution in [1.82, 2.24) is 0 Å². The first-order valence-corrected chi connectivity index (χ1v) is 8.02. The Labute approximate surface area is 148 Å². The maximum Gasteiger partial charge on any atom is 0.229 e. The molecule has 0 unspecified atom stereocenters. The number of rotatable bonds is 3. The molecule has 1 aliphatic rings. The fourth-order valence-electron chi connectivity index (χ4n) is 2.59. The summed E-state index contributed by atoms with van der Waals surface area (Å²) in [6, 6.07) is 10.5. The number of halogens is 3. The second-order valence-electron chi connectivity index (χ2n) is 5.47. The molecule has 2 aromatic carbocycles. The average molecular weight is 367 g/mol. The van der Waals surface area contributed by atoms with Crippen LogP contribution in [0.1, 0.15) is 6.42 Å². The van der Waals surface area contributed by atoms with Crippen LogP contribution in [0.4, 0.5) is 15.8 Å². The molecule has 0 bridgehead atoms. The second kappa shape index (κ2) is 6.79. The van der Waals surface area contributed by atoms with E-state index in [0.717, 1.165) is 0 Å². The number of hydrogen-bond donors (Lipinski definition) is 1. The number of nitrogens with zero attached hydrogens (tertiary/aromatic N) is 1. The van der Waals surface area contributed by atoms with Crippen molar-refractivity contribution in [3.8, 4) is 0 Å². The summed E-state index contributed by atoms with van der Waals surface area (Å²) in [5.41, 5.74) is 0.972. The first kappa shape index (κ1) is 16.7. The van der Waals surface area contributed by atoms with E-state index in [0.29, 0.717) is 16.4 Å². The molecule has 7 heteroatoms. The summed E-state index contributed by atoms with van der Waals surface area (Å²) >= 11 is 12.0. The van der Waals surface area contributed by atoms with Gasteiger partial charge in [-0.3, -0.25) is 9.59 Å². The summed E-state index contributed by atoms with van der Waals surface area (Å²) in [6.07, 6.45) is 0.0847. The molecular formula is C17H13Cl2FN2O2. The van der Waals surface area contributed by atoms with Crippen LogP contribution in [0, 0.1) is 11.7 Å². The Morgan fingerprint density at radius 2 is 1.88 bits per heavy atom. The number of amides is 2. The van der Waals surface area contributed by atoms with E-state index in [2.05, 4.69) is 5.32 Å². The Morgan fingerprint density at radius 3 is 2.58 bits per heavy atom. The van der Waals surface area contributed by atoms with Crippen LogP contribution in [0.25, 0.3) is 0 Å². The summed E-state index contributed by atoms with van der Waals surface area (Å²) in [4.78, 5) is 26.0. The molecule has 24 heavy (non-hydrogen) atoms. The molecule has 0 spiro atoms. The van der Waals surface area contributed by atoms with Gasteiger partial charge in [0.25, 0.3) is 0 Å². The van der Waals surface area contributed by atoms with E-state index >= 15 is 0 Å². The second-order valence-corrected chi connectivity index (χ2v) is 6.26. The zero-order valence-electron chi connectivity index (χ0n) is 12.4. The molecule has 1 fully saturated rings. The maximum absolute atomic E-state index is 13.0. The standard InChI is InChI=1S/C17H13Cl2FN2O2/c18-13-2-1-3-14(16(13)19)21-17(24)10-8-15(23)22(9-10)12-6-4-11(20)5-7-12/h1-7,10H,8-9H2,(H,21,24)/t10-/m1/s1. The molecule has 0 aliphatic carbocycles. The lowest BCUT2D eigenvalue weighted by Gasteiger charge is -2.17. The Morgan fingerprint density at radius 1 is 1.17 bits per heavy atom. The molecule has 1 saturated heterocycles. The number of carbonyl (C=O) groups excluding carboxylic acids is 2. The topological polar surface area (TPSA) is 49.4 Å². The van der Waals surface area contributed by atoms with Crippen molar-refractivity contribution in [1.29, 1.82) is 0 Å². The monoisotopic (exact) mass is 366 g/mol. The van der Waals surface area contributed by atoms with Gasteiger partial charge in [-0.1, -0.05) is 29.3 Å². The molecule has 0 aromatic heterocycles. The summed E-state index contributed by atoms with van der Waals surface area (Å²) in [6.45, 7) is 0.231. The van der Waals surface area contributed by atoms with Gasteiger partial charge in [-0.15, -0.1) is 0 Å². The Balaban J connectivity index is 1.72. The van der Waals surface area contributed by atoms with Gasteiger partial charge in [-0.2, -0.15) is 0 Å². The lowest BCUT2D eigenvalue weighted by molar-refractivity contribution is -0.122. The zero-order valence-corrected chi connectivity index (χ0v) is 13.9. The molecular weight excluding hydrogens is 354 g/mol. The minimum atomic E-state index is -0.516. The molecule has 1 N–H and O–H groups in total. The van der Waals surface area contributed by atoms with Crippen molar-refractivity contribution in [2.45, 2.75) is 6.42 Å².